The molecule has 21 heavy (non-hydrogen) atoms. The standard InChI is InChI=1S/C17H23NO3/c1-18(14-4-2-3-5-15(14)19)11-16(20)12-6-7-17-13(10-12)8-9-21-17/h6-7,10,14-15,19H,2-5,8-9,11H2,1H3. The maximum absolute atomic E-state index is 12.4. The molecule has 0 aromatic heterocycles. The van der Waals surface area contributed by atoms with E-state index in [2.05, 4.69) is 0 Å². The van der Waals surface area contributed by atoms with Gasteiger partial charge in [0.25, 0.3) is 0 Å². The molecule has 3 rings (SSSR count). The number of hydrogen-bond donors (Lipinski definition) is 1. The molecule has 0 bridgehead atoms. The molecular formula is C17H23NO3. The minimum Gasteiger partial charge on any atom is -0.493 e. The van der Waals surface area contributed by atoms with Gasteiger partial charge >= 0.3 is 0 Å². The molecule has 1 saturated carbocycles. The minimum absolute atomic E-state index is 0.112. The van der Waals surface area contributed by atoms with Gasteiger partial charge in [0.1, 0.15) is 5.75 Å². The topological polar surface area (TPSA) is 49.8 Å². The second-order valence-corrected chi connectivity index (χ2v) is 6.18. The number of hydrogen-bond acceptors (Lipinski definition) is 4. The molecule has 1 aliphatic carbocycles. The molecule has 0 amide bonds. The minimum atomic E-state index is -0.301. The molecule has 4 heteroatoms. The number of Topliss-reactive ketones (excluding diaryl/α,β-unsaturated/α-hetero) is 1. The highest BCUT2D eigenvalue weighted by Gasteiger charge is 2.28. The summed E-state index contributed by atoms with van der Waals surface area (Å²) in [5.41, 5.74) is 1.87. The molecule has 1 aliphatic heterocycles. The van der Waals surface area contributed by atoms with E-state index >= 15 is 0 Å². The zero-order valence-corrected chi connectivity index (χ0v) is 12.5. The first-order valence-corrected chi connectivity index (χ1v) is 7.82. The van der Waals surface area contributed by atoms with Gasteiger partial charge < -0.3 is 9.84 Å². The Labute approximate surface area is 125 Å². The second kappa shape index (κ2) is 6.16. The average molecular weight is 289 g/mol. The molecule has 2 unspecified atom stereocenters. The fraction of sp³-hybridized carbons (Fsp3) is 0.588. The summed E-state index contributed by atoms with van der Waals surface area (Å²) in [5.74, 6) is 1.02. The van der Waals surface area contributed by atoms with Crippen molar-refractivity contribution < 1.29 is 14.6 Å². The molecule has 1 N–H and O–H groups in total. The van der Waals surface area contributed by atoms with Crippen molar-refractivity contribution in [1.29, 1.82) is 0 Å². The van der Waals surface area contributed by atoms with Gasteiger partial charge in [-0.1, -0.05) is 12.8 Å². The first-order chi connectivity index (χ1) is 10.1. The molecule has 1 aromatic carbocycles. The number of fused-ring (bicyclic) bond motifs is 1. The number of rotatable bonds is 4. The zero-order valence-electron chi connectivity index (χ0n) is 12.5. The van der Waals surface area contributed by atoms with E-state index in [1.807, 2.05) is 30.1 Å². The van der Waals surface area contributed by atoms with Crippen LogP contribution in [-0.4, -0.2) is 48.1 Å². The summed E-state index contributed by atoms with van der Waals surface area (Å²) < 4.78 is 5.47. The van der Waals surface area contributed by atoms with Gasteiger partial charge in [0.2, 0.25) is 0 Å². The summed E-state index contributed by atoms with van der Waals surface area (Å²) in [4.78, 5) is 14.4. The number of nitrogens with zero attached hydrogens (tertiary/aromatic N) is 1. The largest absolute Gasteiger partial charge is 0.493 e. The molecule has 1 fully saturated rings. The molecule has 0 radical (unpaired) electrons. The highest BCUT2D eigenvalue weighted by atomic mass is 16.5. The van der Waals surface area contributed by atoms with E-state index < -0.39 is 0 Å². The highest BCUT2D eigenvalue weighted by Crippen LogP contribution is 2.26. The van der Waals surface area contributed by atoms with Gasteiger partial charge in [-0.3, -0.25) is 9.69 Å². The maximum atomic E-state index is 12.4. The van der Waals surface area contributed by atoms with E-state index in [-0.39, 0.29) is 17.9 Å². The molecule has 0 spiro atoms. The number of ether oxygens (including phenoxy) is 1. The number of aliphatic hydroxyl groups excluding tert-OH is 1. The fourth-order valence-electron chi connectivity index (χ4n) is 3.40. The SMILES string of the molecule is CN(CC(=O)c1ccc2c(c1)CCO2)C1CCCCC1O. The van der Waals surface area contributed by atoms with Crippen LogP contribution in [0.2, 0.25) is 0 Å². The lowest BCUT2D eigenvalue weighted by molar-refractivity contribution is 0.0322. The van der Waals surface area contributed by atoms with Crippen LogP contribution in [0.3, 0.4) is 0 Å². The van der Waals surface area contributed by atoms with Crippen molar-refractivity contribution in [2.45, 2.75) is 44.2 Å². The number of benzene rings is 1. The van der Waals surface area contributed by atoms with Gasteiger partial charge in [0, 0.05) is 18.0 Å². The summed E-state index contributed by atoms with van der Waals surface area (Å²) in [5, 5.41) is 10.1. The van der Waals surface area contributed by atoms with Gasteiger partial charge in [-0.15, -0.1) is 0 Å². The Kier molecular flexibility index (Phi) is 4.27. The molecule has 2 atom stereocenters. The van der Waals surface area contributed by atoms with Crippen LogP contribution < -0.4 is 4.74 Å². The molecular weight excluding hydrogens is 266 g/mol. The van der Waals surface area contributed by atoms with E-state index in [4.69, 9.17) is 4.74 Å². The molecule has 114 valence electrons. The molecule has 1 heterocycles. The van der Waals surface area contributed by atoms with Crippen molar-refractivity contribution in [2.24, 2.45) is 0 Å². The van der Waals surface area contributed by atoms with Crippen molar-refractivity contribution in [3.05, 3.63) is 29.3 Å². The Morgan fingerprint density at radius 1 is 1.38 bits per heavy atom. The first-order valence-electron chi connectivity index (χ1n) is 7.82. The Bertz CT molecular complexity index is 529. The Morgan fingerprint density at radius 3 is 3.00 bits per heavy atom. The smallest absolute Gasteiger partial charge is 0.176 e. The predicted octanol–water partition coefficient (Wildman–Crippen LogP) is 2.04. The Hall–Kier alpha value is -1.39. The van der Waals surface area contributed by atoms with Crippen LogP contribution in [0.25, 0.3) is 0 Å². The lowest BCUT2D eigenvalue weighted by Crippen LogP contribution is -2.45. The summed E-state index contributed by atoms with van der Waals surface area (Å²) >= 11 is 0. The van der Waals surface area contributed by atoms with Crippen LogP contribution in [0, 0.1) is 0 Å². The van der Waals surface area contributed by atoms with Gasteiger partial charge in [-0.2, -0.15) is 0 Å². The summed E-state index contributed by atoms with van der Waals surface area (Å²) in [6, 6.07) is 5.80. The third-order valence-corrected chi connectivity index (χ3v) is 4.66. The molecule has 4 nitrogen and oxygen atoms in total. The number of ketones is 1. The lowest BCUT2D eigenvalue weighted by atomic mass is 9.91. The first kappa shape index (κ1) is 14.5. The van der Waals surface area contributed by atoms with Crippen molar-refractivity contribution in [3.8, 4) is 5.75 Å². The molecule has 2 aliphatic rings. The number of carbonyl (C=O) groups excluding carboxylic acids is 1. The maximum Gasteiger partial charge on any atom is 0.176 e. The molecule has 1 aromatic rings. The van der Waals surface area contributed by atoms with Crippen molar-refractivity contribution in [3.63, 3.8) is 0 Å². The summed E-state index contributed by atoms with van der Waals surface area (Å²) in [6.07, 6.45) is 4.63. The van der Waals surface area contributed by atoms with Crippen LogP contribution in [0.4, 0.5) is 0 Å². The fourth-order valence-corrected chi connectivity index (χ4v) is 3.40. The van der Waals surface area contributed by atoms with Crippen LogP contribution in [0.1, 0.15) is 41.6 Å². The summed E-state index contributed by atoms with van der Waals surface area (Å²) in [7, 11) is 1.94. The van der Waals surface area contributed by atoms with E-state index in [9.17, 15) is 9.90 Å². The van der Waals surface area contributed by atoms with Gasteiger partial charge in [-0.25, -0.2) is 0 Å². The zero-order chi connectivity index (χ0) is 14.8. The lowest BCUT2D eigenvalue weighted by Gasteiger charge is -2.34. The van der Waals surface area contributed by atoms with E-state index in [0.29, 0.717) is 13.2 Å². The number of aliphatic hydroxyl groups is 1. The normalized spacial score (nSPS) is 24.7. The third kappa shape index (κ3) is 3.11. The predicted molar refractivity (Wildman–Crippen MR) is 80.9 cm³/mol. The molecule has 0 saturated heterocycles. The van der Waals surface area contributed by atoms with Gasteiger partial charge in [-0.05, 0) is 43.7 Å². The van der Waals surface area contributed by atoms with Crippen LogP contribution in [0.15, 0.2) is 18.2 Å². The average Bonchev–Trinajstić information content (AvgIpc) is 2.94. The quantitative estimate of drug-likeness (QED) is 0.862. The van der Waals surface area contributed by atoms with E-state index in [1.165, 1.54) is 0 Å². The monoisotopic (exact) mass is 289 g/mol. The van der Waals surface area contributed by atoms with Crippen molar-refractivity contribution in [2.75, 3.05) is 20.2 Å². The van der Waals surface area contributed by atoms with Crippen LogP contribution >= 0.6 is 0 Å². The van der Waals surface area contributed by atoms with Crippen molar-refractivity contribution >= 4 is 5.78 Å². The van der Waals surface area contributed by atoms with Gasteiger partial charge in [0.15, 0.2) is 5.78 Å². The van der Waals surface area contributed by atoms with E-state index in [1.54, 1.807) is 0 Å². The van der Waals surface area contributed by atoms with Crippen LogP contribution in [0.5, 0.6) is 5.75 Å². The Morgan fingerprint density at radius 2 is 2.19 bits per heavy atom. The van der Waals surface area contributed by atoms with Gasteiger partial charge in [0.05, 0.1) is 19.3 Å². The number of likely N-dealkylation sites (N-methyl/N-ethyl adjacent to an activating group) is 1. The highest BCUT2D eigenvalue weighted by molar-refractivity contribution is 5.98. The van der Waals surface area contributed by atoms with Crippen LogP contribution in [-0.2, 0) is 6.42 Å². The summed E-state index contributed by atoms with van der Waals surface area (Å²) in [6.45, 7) is 1.07. The number of carbonyl (C=O) groups is 1. The third-order valence-electron chi connectivity index (χ3n) is 4.66. The second-order valence-electron chi connectivity index (χ2n) is 6.18. The van der Waals surface area contributed by atoms with Crippen molar-refractivity contribution in [1.82, 2.24) is 4.90 Å². The Balaban J connectivity index is 1.65. The van der Waals surface area contributed by atoms with E-state index in [0.717, 1.165) is 49.0 Å².